The second kappa shape index (κ2) is 12.3. The van der Waals surface area contributed by atoms with Crippen molar-refractivity contribution in [2.45, 2.75) is 70.7 Å². The summed E-state index contributed by atoms with van der Waals surface area (Å²) in [6, 6.07) is 12.7. The number of nitriles is 1. The number of hydrogen-bond donors (Lipinski definition) is 0. The van der Waals surface area contributed by atoms with Gasteiger partial charge in [-0.2, -0.15) is 5.26 Å². The second-order valence-corrected chi connectivity index (χ2v) is 13.0. The number of piperazine rings is 1. The van der Waals surface area contributed by atoms with Crippen LogP contribution in [-0.2, 0) is 27.2 Å². The molecule has 248 valence electrons. The van der Waals surface area contributed by atoms with Crippen molar-refractivity contribution in [2.24, 2.45) is 0 Å². The van der Waals surface area contributed by atoms with Gasteiger partial charge in [-0.15, -0.1) is 0 Å². The van der Waals surface area contributed by atoms with Gasteiger partial charge in [0.15, 0.2) is 11.5 Å². The minimum atomic E-state index is -0.587. The van der Waals surface area contributed by atoms with Gasteiger partial charge in [0.25, 0.3) is 0 Å². The van der Waals surface area contributed by atoms with Crippen LogP contribution in [0.5, 0.6) is 23.0 Å². The van der Waals surface area contributed by atoms with E-state index in [1.807, 2.05) is 37.3 Å². The van der Waals surface area contributed by atoms with Gasteiger partial charge >= 0.3 is 11.9 Å². The Labute approximate surface area is 280 Å². The lowest BCUT2D eigenvalue weighted by Crippen LogP contribution is -2.68. The highest BCUT2D eigenvalue weighted by molar-refractivity contribution is 5.87. The Morgan fingerprint density at radius 3 is 2.48 bits per heavy atom. The maximum atomic E-state index is 13.2. The van der Waals surface area contributed by atoms with E-state index >= 15 is 0 Å². The molecule has 4 aliphatic heterocycles. The van der Waals surface area contributed by atoms with Gasteiger partial charge in [0.1, 0.15) is 24.1 Å². The highest BCUT2D eigenvalue weighted by atomic mass is 16.7. The Balaban J connectivity index is 1.39. The van der Waals surface area contributed by atoms with Gasteiger partial charge in [-0.25, -0.2) is 4.79 Å². The van der Waals surface area contributed by atoms with Crippen LogP contribution in [0.1, 0.15) is 63.5 Å². The predicted octanol–water partition coefficient (Wildman–Crippen LogP) is 5.30. The van der Waals surface area contributed by atoms with Crippen molar-refractivity contribution < 1.29 is 33.3 Å². The summed E-state index contributed by atoms with van der Waals surface area (Å²) in [7, 11) is 3.78. The lowest BCUT2D eigenvalue weighted by molar-refractivity contribution is -0.143. The van der Waals surface area contributed by atoms with Crippen molar-refractivity contribution in [3.05, 3.63) is 87.0 Å². The lowest BCUT2D eigenvalue weighted by atomic mass is 9.71. The topological polar surface area (TPSA) is 111 Å². The molecule has 4 heterocycles. The molecule has 0 saturated carbocycles. The highest BCUT2D eigenvalue weighted by Gasteiger charge is 2.56. The number of benzene rings is 3. The smallest absolute Gasteiger partial charge is 0.330 e. The minimum absolute atomic E-state index is 0.00324. The molecule has 0 radical (unpaired) electrons. The Kier molecular flexibility index (Phi) is 8.14. The number of aryl methyl sites for hydroxylation is 1. The molecule has 1 unspecified atom stereocenters. The molecule has 10 heteroatoms. The van der Waals surface area contributed by atoms with Gasteiger partial charge in [0.05, 0.1) is 25.3 Å². The lowest BCUT2D eigenvalue weighted by Gasteiger charge is -2.60. The molecule has 5 atom stereocenters. The summed E-state index contributed by atoms with van der Waals surface area (Å²) >= 11 is 0. The molecule has 1 saturated heterocycles. The molecule has 48 heavy (non-hydrogen) atoms. The summed E-state index contributed by atoms with van der Waals surface area (Å²) in [5, 5.41) is 10.9. The van der Waals surface area contributed by atoms with E-state index in [1.54, 1.807) is 13.2 Å². The number of likely N-dealkylation sites (N-methyl/N-ethyl adjacent to an activating group) is 1. The molecule has 2 bridgehead atoms. The number of nitrogens with zero attached hydrogens (tertiary/aromatic N) is 3. The molecule has 1 fully saturated rings. The maximum Gasteiger partial charge on any atom is 0.330 e. The first-order chi connectivity index (χ1) is 23.1. The van der Waals surface area contributed by atoms with Crippen LogP contribution in [0.3, 0.4) is 0 Å². The molecule has 4 aliphatic rings. The molecule has 7 rings (SSSR count). The molecule has 10 nitrogen and oxygen atoms in total. The standard InChI is InChI=1S/C38H39N3O7/c1-20-14-25-15-27-29(17-39)41-28(34(40(27)5)32(25)21(2)35(20)44-6)16-26-33(38-37(46-19-47-38)22(3)36(26)48-23(4)42)30(41)18-45-31(43)13-12-24-10-8-7-9-11-24/h7-14,27-30,34H,15-16,18-19H2,1-6H3/b13-12+/t27-,28?,29-,30-,34+/m0/s1. The quantitative estimate of drug-likeness (QED) is 0.198. The van der Waals surface area contributed by atoms with Crippen LogP contribution in [0.2, 0.25) is 0 Å². The van der Waals surface area contributed by atoms with Crippen molar-refractivity contribution in [1.29, 1.82) is 5.26 Å². The summed E-state index contributed by atoms with van der Waals surface area (Å²) in [6.45, 7) is 7.34. The van der Waals surface area contributed by atoms with Crippen LogP contribution in [0.25, 0.3) is 6.08 Å². The van der Waals surface area contributed by atoms with Crippen LogP contribution in [0.15, 0.2) is 42.5 Å². The average molecular weight is 650 g/mol. The summed E-state index contributed by atoms with van der Waals surface area (Å²) in [5.74, 6) is 1.34. The van der Waals surface area contributed by atoms with Crippen LogP contribution in [-0.4, -0.2) is 67.4 Å². The van der Waals surface area contributed by atoms with Gasteiger partial charge < -0.3 is 23.7 Å². The van der Waals surface area contributed by atoms with Crippen LogP contribution in [0.4, 0.5) is 0 Å². The largest absolute Gasteiger partial charge is 0.496 e. The molecule has 0 spiro atoms. The average Bonchev–Trinajstić information content (AvgIpc) is 3.56. The van der Waals surface area contributed by atoms with Crippen LogP contribution in [0, 0.1) is 32.1 Å². The Morgan fingerprint density at radius 2 is 1.77 bits per heavy atom. The van der Waals surface area contributed by atoms with Gasteiger partial charge in [-0.05, 0) is 74.6 Å². The van der Waals surface area contributed by atoms with E-state index in [1.165, 1.54) is 24.1 Å². The van der Waals surface area contributed by atoms with E-state index in [0.717, 1.165) is 33.6 Å². The van der Waals surface area contributed by atoms with Crippen LogP contribution < -0.4 is 18.9 Å². The fourth-order valence-electron chi connectivity index (χ4n) is 8.55. The van der Waals surface area contributed by atoms with Crippen LogP contribution >= 0.6 is 0 Å². The minimum Gasteiger partial charge on any atom is -0.496 e. The molecule has 0 aromatic heterocycles. The normalized spacial score (nSPS) is 23.9. The SMILES string of the molecule is COc1c(C)cc2c(c1C)[C@H]1C3Cc4c(OC(C)=O)c(C)c5c(c4[C@H](COC(=O)/C=C/c4ccccc4)N3[C@@H](C#N)[C@H](C2)N1C)OCO5. The number of esters is 2. The fraction of sp³-hybridized carbons (Fsp3) is 0.395. The zero-order valence-electron chi connectivity index (χ0n) is 28.0. The summed E-state index contributed by atoms with van der Waals surface area (Å²) in [5.41, 5.74) is 7.58. The molecule has 0 amide bonds. The number of fused-ring (bicyclic) bond motifs is 9. The molecular formula is C38H39N3O7. The zero-order valence-corrected chi connectivity index (χ0v) is 28.0. The van der Waals surface area contributed by atoms with Gasteiger partial charge in [-0.1, -0.05) is 36.4 Å². The van der Waals surface area contributed by atoms with Crippen molar-refractivity contribution in [3.8, 4) is 29.1 Å². The monoisotopic (exact) mass is 649 g/mol. The predicted molar refractivity (Wildman–Crippen MR) is 177 cm³/mol. The van der Waals surface area contributed by atoms with E-state index in [0.29, 0.717) is 35.7 Å². The first kappa shape index (κ1) is 31.7. The first-order valence-corrected chi connectivity index (χ1v) is 16.2. The summed E-state index contributed by atoms with van der Waals surface area (Å²) < 4.78 is 29.8. The Bertz CT molecular complexity index is 1880. The van der Waals surface area contributed by atoms with E-state index in [-0.39, 0.29) is 31.5 Å². The van der Waals surface area contributed by atoms with E-state index in [9.17, 15) is 14.9 Å². The first-order valence-electron chi connectivity index (χ1n) is 16.2. The number of carbonyl (C=O) groups excluding carboxylic acids is 2. The number of carbonyl (C=O) groups is 2. The van der Waals surface area contributed by atoms with E-state index in [2.05, 4.69) is 42.8 Å². The Morgan fingerprint density at radius 1 is 1.02 bits per heavy atom. The van der Waals surface area contributed by atoms with Gasteiger partial charge in [0, 0.05) is 41.8 Å². The summed E-state index contributed by atoms with van der Waals surface area (Å²) in [6.07, 6.45) is 4.26. The molecule has 3 aromatic carbocycles. The van der Waals surface area contributed by atoms with Crippen molar-refractivity contribution in [2.75, 3.05) is 27.6 Å². The fourth-order valence-corrected chi connectivity index (χ4v) is 8.55. The molecular weight excluding hydrogens is 610 g/mol. The van der Waals surface area contributed by atoms with Crippen molar-refractivity contribution >= 4 is 18.0 Å². The third kappa shape index (κ3) is 5.00. The number of ether oxygens (including phenoxy) is 5. The molecule has 3 aromatic rings. The highest BCUT2D eigenvalue weighted by Crippen LogP contribution is 2.57. The van der Waals surface area contributed by atoms with Crippen molar-refractivity contribution in [3.63, 3.8) is 0 Å². The number of hydrogen-bond acceptors (Lipinski definition) is 10. The Hall–Kier alpha value is -4.85. The van der Waals surface area contributed by atoms with E-state index < -0.39 is 24.0 Å². The number of rotatable bonds is 6. The van der Waals surface area contributed by atoms with E-state index in [4.69, 9.17) is 23.7 Å². The van der Waals surface area contributed by atoms with Gasteiger partial charge in [-0.3, -0.25) is 14.6 Å². The molecule has 0 N–H and O–H groups in total. The third-order valence-electron chi connectivity index (χ3n) is 10.4. The van der Waals surface area contributed by atoms with Crippen molar-refractivity contribution in [1.82, 2.24) is 9.80 Å². The third-order valence-corrected chi connectivity index (χ3v) is 10.4. The maximum absolute atomic E-state index is 13.2. The number of methoxy groups -OCH3 is 1. The summed E-state index contributed by atoms with van der Waals surface area (Å²) in [4.78, 5) is 30.2. The zero-order chi connectivity index (χ0) is 33.9. The second-order valence-electron chi connectivity index (χ2n) is 13.0. The molecule has 0 aliphatic carbocycles. The van der Waals surface area contributed by atoms with Gasteiger partial charge in [0.2, 0.25) is 6.79 Å².